The van der Waals surface area contributed by atoms with E-state index in [1.807, 2.05) is 25.7 Å². The number of likely N-dealkylation sites (tertiary alicyclic amines) is 1. The molecule has 1 saturated carbocycles. The minimum Gasteiger partial charge on any atom is -0.352 e. The van der Waals surface area contributed by atoms with E-state index in [1.165, 1.54) is 0 Å². The second kappa shape index (κ2) is 6.51. The van der Waals surface area contributed by atoms with Crippen molar-refractivity contribution in [2.45, 2.75) is 32.7 Å². The first kappa shape index (κ1) is 17.8. The number of aromatic nitrogens is 3. The van der Waals surface area contributed by atoms with Crippen molar-refractivity contribution >= 4 is 17.7 Å². The number of rotatable bonds is 4. The number of amides is 3. The van der Waals surface area contributed by atoms with Gasteiger partial charge in [0.05, 0.1) is 5.56 Å². The van der Waals surface area contributed by atoms with Crippen molar-refractivity contribution in [3.8, 4) is 0 Å². The molecule has 8 heteroatoms. The molecule has 3 amide bonds. The number of hydrogen-bond acceptors (Lipinski definition) is 4. The summed E-state index contributed by atoms with van der Waals surface area (Å²) in [6.07, 6.45) is 7.67. The van der Waals surface area contributed by atoms with Crippen LogP contribution in [0.1, 0.15) is 37.6 Å². The maximum absolute atomic E-state index is 12.3. The number of nitrogens with one attached hydrogen (secondary N) is 2. The lowest BCUT2D eigenvalue weighted by Gasteiger charge is -2.27. The zero-order chi connectivity index (χ0) is 19.2. The molecule has 2 N–H and O–H groups in total. The predicted molar refractivity (Wildman–Crippen MR) is 100 cm³/mol. The SMILES string of the molecule is CC(C)(C)NC(=O)N1C[C@@H]2[C@@H](CCNC(=O)c3cnc4nccn4c3)[C@@H]2C1. The van der Waals surface area contributed by atoms with Crippen LogP contribution in [0.4, 0.5) is 4.79 Å². The van der Waals surface area contributed by atoms with Gasteiger partial charge in [0.1, 0.15) is 0 Å². The summed E-state index contributed by atoms with van der Waals surface area (Å²) in [5.74, 6) is 2.24. The summed E-state index contributed by atoms with van der Waals surface area (Å²) in [5.41, 5.74) is 0.323. The third kappa shape index (κ3) is 3.74. The highest BCUT2D eigenvalue weighted by molar-refractivity contribution is 5.93. The van der Waals surface area contributed by atoms with E-state index in [4.69, 9.17) is 0 Å². The average molecular weight is 370 g/mol. The topological polar surface area (TPSA) is 91.6 Å². The molecule has 2 aromatic heterocycles. The lowest BCUT2D eigenvalue weighted by molar-refractivity contribution is 0.0951. The van der Waals surface area contributed by atoms with Gasteiger partial charge >= 0.3 is 6.03 Å². The van der Waals surface area contributed by atoms with Crippen LogP contribution in [0.2, 0.25) is 0 Å². The number of urea groups is 1. The second-order valence-electron chi connectivity index (χ2n) is 8.60. The van der Waals surface area contributed by atoms with Crippen LogP contribution < -0.4 is 10.6 Å². The van der Waals surface area contributed by atoms with E-state index in [9.17, 15) is 9.59 Å². The van der Waals surface area contributed by atoms with Crippen LogP contribution in [0.3, 0.4) is 0 Å². The lowest BCUT2D eigenvalue weighted by Crippen LogP contribution is -2.48. The molecule has 2 fully saturated rings. The quantitative estimate of drug-likeness (QED) is 0.854. The molecule has 3 atom stereocenters. The summed E-state index contributed by atoms with van der Waals surface area (Å²) < 4.78 is 1.73. The Bertz CT molecular complexity index is 858. The van der Waals surface area contributed by atoms with Crippen LogP contribution in [-0.2, 0) is 0 Å². The first-order valence-electron chi connectivity index (χ1n) is 9.46. The third-order valence-electron chi connectivity index (χ3n) is 5.41. The normalized spacial score (nSPS) is 24.0. The van der Waals surface area contributed by atoms with Crippen molar-refractivity contribution in [1.29, 1.82) is 0 Å². The van der Waals surface area contributed by atoms with Gasteiger partial charge in [-0.05, 0) is 44.9 Å². The van der Waals surface area contributed by atoms with Crippen LogP contribution in [0.5, 0.6) is 0 Å². The largest absolute Gasteiger partial charge is 0.352 e. The molecule has 4 rings (SSSR count). The standard InChI is InChI=1S/C19H26N6O2/c1-19(2,3)23-18(27)25-10-14-13(15(14)11-25)4-5-20-16(26)12-8-22-17-21-6-7-24(17)9-12/h6-9,13-15H,4-5,10-11H2,1-3H3,(H,20,26)(H,23,27)/t13-,14-,15+. The van der Waals surface area contributed by atoms with Gasteiger partial charge in [-0.2, -0.15) is 0 Å². The van der Waals surface area contributed by atoms with E-state index >= 15 is 0 Å². The van der Waals surface area contributed by atoms with Gasteiger partial charge in [0.25, 0.3) is 5.91 Å². The minimum absolute atomic E-state index is 0.0316. The number of fused-ring (bicyclic) bond motifs is 2. The highest BCUT2D eigenvalue weighted by atomic mass is 16.2. The predicted octanol–water partition coefficient (Wildman–Crippen LogP) is 1.54. The van der Waals surface area contributed by atoms with Crippen LogP contribution in [0.15, 0.2) is 24.8 Å². The Balaban J connectivity index is 1.21. The van der Waals surface area contributed by atoms with Gasteiger partial charge in [-0.25, -0.2) is 14.8 Å². The van der Waals surface area contributed by atoms with E-state index in [-0.39, 0.29) is 17.5 Å². The molecule has 1 aliphatic heterocycles. The molecular weight excluding hydrogens is 344 g/mol. The number of imidazole rings is 1. The fraction of sp³-hybridized carbons (Fsp3) is 0.579. The van der Waals surface area contributed by atoms with E-state index in [1.54, 1.807) is 29.2 Å². The monoisotopic (exact) mass is 370 g/mol. The molecule has 27 heavy (non-hydrogen) atoms. The summed E-state index contributed by atoms with van der Waals surface area (Å²) in [4.78, 5) is 34.7. The van der Waals surface area contributed by atoms with E-state index < -0.39 is 0 Å². The van der Waals surface area contributed by atoms with Crippen molar-refractivity contribution < 1.29 is 9.59 Å². The molecule has 1 saturated heterocycles. The summed E-state index contributed by atoms with van der Waals surface area (Å²) in [5, 5.41) is 6.00. The summed E-state index contributed by atoms with van der Waals surface area (Å²) in [7, 11) is 0. The Kier molecular flexibility index (Phi) is 4.28. The molecule has 0 spiro atoms. The Morgan fingerprint density at radius 3 is 2.67 bits per heavy atom. The second-order valence-corrected chi connectivity index (χ2v) is 8.60. The fourth-order valence-electron chi connectivity index (χ4n) is 4.03. The highest BCUT2D eigenvalue weighted by Crippen LogP contribution is 2.53. The van der Waals surface area contributed by atoms with Crippen LogP contribution in [0.25, 0.3) is 5.78 Å². The zero-order valence-electron chi connectivity index (χ0n) is 16.0. The van der Waals surface area contributed by atoms with Gasteiger partial charge in [0.2, 0.25) is 5.78 Å². The van der Waals surface area contributed by atoms with E-state index in [2.05, 4.69) is 20.6 Å². The molecule has 8 nitrogen and oxygen atoms in total. The van der Waals surface area contributed by atoms with Crippen LogP contribution in [0, 0.1) is 17.8 Å². The van der Waals surface area contributed by atoms with Crippen LogP contribution >= 0.6 is 0 Å². The zero-order valence-corrected chi connectivity index (χ0v) is 16.0. The Morgan fingerprint density at radius 1 is 1.22 bits per heavy atom. The van der Waals surface area contributed by atoms with Gasteiger partial charge in [-0.1, -0.05) is 0 Å². The lowest BCUT2D eigenvalue weighted by atomic mass is 10.1. The molecular formula is C19H26N6O2. The summed E-state index contributed by atoms with van der Waals surface area (Å²) in [6.45, 7) is 8.28. The van der Waals surface area contributed by atoms with E-state index in [0.29, 0.717) is 35.6 Å². The van der Waals surface area contributed by atoms with Gasteiger partial charge < -0.3 is 15.5 Å². The molecule has 0 bridgehead atoms. The molecule has 0 radical (unpaired) electrons. The van der Waals surface area contributed by atoms with Crippen molar-refractivity contribution in [3.05, 3.63) is 30.4 Å². The molecule has 2 aliphatic rings. The van der Waals surface area contributed by atoms with Crippen molar-refractivity contribution in [2.24, 2.45) is 17.8 Å². The maximum Gasteiger partial charge on any atom is 0.317 e. The summed E-state index contributed by atoms with van der Waals surface area (Å²) >= 11 is 0. The highest BCUT2D eigenvalue weighted by Gasteiger charge is 2.55. The first-order chi connectivity index (χ1) is 12.8. The molecule has 0 aromatic carbocycles. The maximum atomic E-state index is 12.3. The molecule has 2 aromatic rings. The number of piperidine rings is 1. The van der Waals surface area contributed by atoms with Crippen molar-refractivity contribution in [1.82, 2.24) is 29.9 Å². The van der Waals surface area contributed by atoms with Gasteiger partial charge in [0, 0.05) is 50.0 Å². The van der Waals surface area contributed by atoms with E-state index in [0.717, 1.165) is 19.5 Å². The fourth-order valence-corrected chi connectivity index (χ4v) is 4.03. The smallest absolute Gasteiger partial charge is 0.317 e. The first-order valence-corrected chi connectivity index (χ1v) is 9.46. The molecule has 1 aliphatic carbocycles. The number of carbonyl (C=O) groups excluding carboxylic acids is 2. The number of nitrogens with zero attached hydrogens (tertiary/aromatic N) is 4. The summed E-state index contributed by atoms with van der Waals surface area (Å²) in [6, 6.07) is 0.0316. The number of carbonyl (C=O) groups is 2. The van der Waals surface area contributed by atoms with Crippen molar-refractivity contribution in [2.75, 3.05) is 19.6 Å². The Morgan fingerprint density at radius 2 is 1.96 bits per heavy atom. The van der Waals surface area contributed by atoms with Gasteiger partial charge in [-0.3, -0.25) is 9.20 Å². The third-order valence-corrected chi connectivity index (χ3v) is 5.41. The van der Waals surface area contributed by atoms with Crippen LogP contribution in [-0.4, -0.2) is 56.4 Å². The van der Waals surface area contributed by atoms with Gasteiger partial charge in [0.15, 0.2) is 0 Å². The van der Waals surface area contributed by atoms with Gasteiger partial charge in [-0.15, -0.1) is 0 Å². The Labute approximate surface area is 158 Å². The minimum atomic E-state index is -0.206. The average Bonchev–Trinajstić information content (AvgIpc) is 2.99. The Hall–Kier alpha value is -2.64. The molecule has 144 valence electrons. The number of hydrogen-bond donors (Lipinski definition) is 2. The van der Waals surface area contributed by atoms with Crippen molar-refractivity contribution in [3.63, 3.8) is 0 Å². The molecule has 0 unspecified atom stereocenters. The molecule has 3 heterocycles.